The summed E-state index contributed by atoms with van der Waals surface area (Å²) in [6, 6.07) is 0. The molecule has 0 amide bonds. The predicted molar refractivity (Wildman–Crippen MR) is 77.9 cm³/mol. The van der Waals surface area contributed by atoms with E-state index in [4.69, 9.17) is 14.0 Å². The van der Waals surface area contributed by atoms with Gasteiger partial charge in [0.2, 0.25) is 6.16 Å². The molecule has 0 rings (SSSR count). The van der Waals surface area contributed by atoms with E-state index in [-0.39, 0.29) is 13.2 Å². The van der Waals surface area contributed by atoms with Crippen molar-refractivity contribution in [1.82, 2.24) is 0 Å². The molecule has 0 saturated heterocycles. The first-order valence-corrected chi connectivity index (χ1v) is 7.87. The summed E-state index contributed by atoms with van der Waals surface area (Å²) in [6.07, 6.45) is 0.348. The molecule has 116 valence electrons. The van der Waals surface area contributed by atoms with Crippen molar-refractivity contribution in [2.45, 2.75) is 6.92 Å². The first-order chi connectivity index (χ1) is 9.22. The van der Waals surface area contributed by atoms with Crippen LogP contribution in [0.15, 0.2) is 12.2 Å². The largest absolute Gasteiger partial charge is 0.510 e. The van der Waals surface area contributed by atoms with Gasteiger partial charge in [0.05, 0.1) is 34.4 Å². The third-order valence-corrected chi connectivity index (χ3v) is 3.24. The number of esters is 1. The molecule has 0 aromatic rings. The SMILES string of the molecule is C=C(C)C(=O)OCCOCC[P+](=O)OCC[N+](C)(C)C. The Kier molecular flexibility index (Phi) is 9.59. The highest BCUT2D eigenvalue weighted by molar-refractivity contribution is 7.39. The summed E-state index contributed by atoms with van der Waals surface area (Å²) in [6.45, 7) is 7.10. The van der Waals surface area contributed by atoms with Crippen molar-refractivity contribution >= 4 is 14.0 Å². The van der Waals surface area contributed by atoms with Crippen LogP contribution in [-0.2, 0) is 23.4 Å². The lowest BCUT2D eigenvalue weighted by atomic mass is 10.4. The minimum absolute atomic E-state index is 0.171. The molecule has 0 spiro atoms. The third-order valence-electron chi connectivity index (χ3n) is 2.22. The van der Waals surface area contributed by atoms with Crippen LogP contribution in [0, 0.1) is 0 Å². The molecule has 0 bridgehead atoms. The molecule has 0 fully saturated rings. The van der Waals surface area contributed by atoms with Crippen molar-refractivity contribution in [2.75, 3.05) is 60.3 Å². The van der Waals surface area contributed by atoms with E-state index in [0.717, 1.165) is 11.0 Å². The monoisotopic (exact) mass is 307 g/mol. The Balaban J connectivity index is 3.44. The Hall–Kier alpha value is -0.810. The lowest BCUT2D eigenvalue weighted by Crippen LogP contribution is -2.37. The molecule has 0 N–H and O–H groups in total. The minimum Gasteiger partial charge on any atom is -0.460 e. The van der Waals surface area contributed by atoms with Gasteiger partial charge in [0.25, 0.3) is 0 Å². The van der Waals surface area contributed by atoms with Gasteiger partial charge >= 0.3 is 14.0 Å². The zero-order chi connectivity index (χ0) is 15.6. The van der Waals surface area contributed by atoms with E-state index in [9.17, 15) is 9.36 Å². The number of likely N-dealkylation sites (N-methyl/N-ethyl adjacent to an activating group) is 1. The number of hydrogen-bond acceptors (Lipinski definition) is 5. The summed E-state index contributed by atoms with van der Waals surface area (Å²) in [5, 5.41) is 0. The van der Waals surface area contributed by atoms with Crippen LogP contribution in [0.1, 0.15) is 6.92 Å². The second-order valence-corrected chi connectivity index (χ2v) is 6.80. The van der Waals surface area contributed by atoms with Gasteiger partial charge in [-0.15, -0.1) is 4.52 Å². The van der Waals surface area contributed by atoms with Crippen molar-refractivity contribution in [2.24, 2.45) is 0 Å². The molecule has 20 heavy (non-hydrogen) atoms. The highest BCUT2D eigenvalue weighted by atomic mass is 31.1. The molecule has 0 aromatic carbocycles. The van der Waals surface area contributed by atoms with Crippen LogP contribution >= 0.6 is 8.03 Å². The smallest absolute Gasteiger partial charge is 0.460 e. The predicted octanol–water partition coefficient (Wildman–Crippen LogP) is 1.59. The summed E-state index contributed by atoms with van der Waals surface area (Å²) in [7, 11) is 4.46. The van der Waals surface area contributed by atoms with E-state index in [1.165, 1.54) is 0 Å². The number of ether oxygens (including phenoxy) is 2. The number of carbonyl (C=O) groups excluding carboxylic acids is 1. The Morgan fingerprint density at radius 1 is 1.15 bits per heavy atom. The van der Waals surface area contributed by atoms with E-state index >= 15 is 0 Å². The zero-order valence-electron chi connectivity index (χ0n) is 12.9. The lowest BCUT2D eigenvalue weighted by molar-refractivity contribution is -0.870. The van der Waals surface area contributed by atoms with Gasteiger partial charge in [0, 0.05) is 5.57 Å². The standard InChI is InChI=1S/C13H26NO5P/c1-12(2)13(15)18-9-8-17-10-11-20(16)19-7-6-14(3,4)5/h1,6-11H2,2-5H3/q+2. The van der Waals surface area contributed by atoms with Crippen LogP contribution in [-0.4, -0.2) is 70.7 Å². The summed E-state index contributed by atoms with van der Waals surface area (Å²) in [5.74, 6) is -0.427. The van der Waals surface area contributed by atoms with Gasteiger partial charge < -0.3 is 14.0 Å². The molecule has 0 heterocycles. The van der Waals surface area contributed by atoms with Gasteiger partial charge in [0.1, 0.15) is 13.2 Å². The molecule has 0 aliphatic carbocycles. The summed E-state index contributed by atoms with van der Waals surface area (Å²) < 4.78 is 27.5. The first kappa shape index (κ1) is 19.2. The van der Waals surface area contributed by atoms with E-state index in [1.807, 2.05) is 21.1 Å². The van der Waals surface area contributed by atoms with E-state index < -0.39 is 14.0 Å². The highest BCUT2D eigenvalue weighted by Crippen LogP contribution is 2.21. The van der Waals surface area contributed by atoms with Crippen LogP contribution in [0.25, 0.3) is 0 Å². The molecule has 1 unspecified atom stereocenters. The molecule has 0 radical (unpaired) electrons. The fourth-order valence-electron chi connectivity index (χ4n) is 1.04. The zero-order valence-corrected chi connectivity index (χ0v) is 13.8. The van der Waals surface area contributed by atoms with Gasteiger partial charge in [0.15, 0.2) is 6.61 Å². The van der Waals surface area contributed by atoms with Crippen molar-refractivity contribution in [3.63, 3.8) is 0 Å². The van der Waals surface area contributed by atoms with Crippen LogP contribution in [0.5, 0.6) is 0 Å². The van der Waals surface area contributed by atoms with E-state index in [0.29, 0.717) is 24.9 Å². The van der Waals surface area contributed by atoms with Gasteiger partial charge in [-0.3, -0.25) is 0 Å². The molecule has 0 saturated carbocycles. The summed E-state index contributed by atoms with van der Waals surface area (Å²) in [4.78, 5) is 11.0. The average Bonchev–Trinajstić information content (AvgIpc) is 2.31. The molecule has 6 nitrogen and oxygen atoms in total. The topological polar surface area (TPSA) is 61.8 Å². The Labute approximate surface area is 122 Å². The van der Waals surface area contributed by atoms with Gasteiger partial charge in [-0.2, -0.15) is 0 Å². The van der Waals surface area contributed by atoms with Gasteiger partial charge in [-0.05, 0) is 11.5 Å². The quantitative estimate of drug-likeness (QED) is 0.191. The number of hydrogen-bond donors (Lipinski definition) is 0. The molecular formula is C13H26NO5P+2. The fourth-order valence-corrected chi connectivity index (χ4v) is 1.73. The van der Waals surface area contributed by atoms with Crippen LogP contribution in [0.3, 0.4) is 0 Å². The number of rotatable bonds is 11. The molecule has 0 aliphatic heterocycles. The molecule has 0 aromatic heterocycles. The second-order valence-electron chi connectivity index (χ2n) is 5.43. The maximum Gasteiger partial charge on any atom is 0.510 e. The normalized spacial score (nSPS) is 12.1. The number of quaternary nitrogens is 1. The van der Waals surface area contributed by atoms with Crippen LogP contribution in [0.4, 0.5) is 0 Å². The summed E-state index contributed by atoms with van der Waals surface area (Å²) in [5.41, 5.74) is 0.360. The molecule has 0 aliphatic rings. The molecular weight excluding hydrogens is 281 g/mol. The van der Waals surface area contributed by atoms with Gasteiger partial charge in [-0.25, -0.2) is 4.79 Å². The van der Waals surface area contributed by atoms with Crippen molar-refractivity contribution in [1.29, 1.82) is 0 Å². The van der Waals surface area contributed by atoms with Crippen molar-refractivity contribution in [3.05, 3.63) is 12.2 Å². The molecule has 1 atom stereocenters. The molecule has 7 heteroatoms. The Morgan fingerprint density at radius 3 is 2.35 bits per heavy atom. The lowest BCUT2D eigenvalue weighted by Gasteiger charge is -2.21. The second kappa shape index (κ2) is 10.00. The van der Waals surface area contributed by atoms with E-state index in [1.54, 1.807) is 6.92 Å². The minimum atomic E-state index is -1.68. The Bertz CT molecular complexity index is 338. The van der Waals surface area contributed by atoms with Crippen molar-refractivity contribution in [3.8, 4) is 0 Å². The summed E-state index contributed by atoms with van der Waals surface area (Å²) >= 11 is 0. The van der Waals surface area contributed by atoms with Gasteiger partial charge in [-0.1, -0.05) is 6.58 Å². The van der Waals surface area contributed by atoms with Crippen LogP contribution in [0.2, 0.25) is 0 Å². The van der Waals surface area contributed by atoms with Crippen molar-refractivity contribution < 1.29 is 27.8 Å². The van der Waals surface area contributed by atoms with Crippen LogP contribution < -0.4 is 0 Å². The fraction of sp³-hybridized carbons (Fsp3) is 0.769. The third kappa shape index (κ3) is 12.2. The van der Waals surface area contributed by atoms with E-state index in [2.05, 4.69) is 6.58 Å². The maximum atomic E-state index is 11.5. The highest BCUT2D eigenvalue weighted by Gasteiger charge is 2.19. The Morgan fingerprint density at radius 2 is 1.80 bits per heavy atom. The number of nitrogens with zero attached hydrogens (tertiary/aromatic N) is 1. The average molecular weight is 307 g/mol. The maximum absolute atomic E-state index is 11.5. The number of carbonyl (C=O) groups is 1. The first-order valence-electron chi connectivity index (χ1n) is 6.51.